The summed E-state index contributed by atoms with van der Waals surface area (Å²) < 4.78 is 0. The minimum Gasteiger partial charge on any atom is -0.382 e. The highest BCUT2D eigenvalue weighted by atomic mass is 35.5. The van der Waals surface area contributed by atoms with Crippen LogP contribution in [0.1, 0.15) is 44.8 Å². The number of aromatic nitrogens is 2. The Morgan fingerprint density at radius 3 is 2.52 bits per heavy atom. The summed E-state index contributed by atoms with van der Waals surface area (Å²) >= 11 is 11.9. The zero-order valence-corrected chi connectivity index (χ0v) is 17.1. The second kappa shape index (κ2) is 7.54. The Morgan fingerprint density at radius 1 is 1.10 bits per heavy atom. The molecule has 1 fully saturated rings. The number of hydrogen-bond donors (Lipinski definition) is 3. The van der Waals surface area contributed by atoms with Crippen LogP contribution in [0.2, 0.25) is 10.0 Å². The lowest BCUT2D eigenvalue weighted by Crippen LogP contribution is -2.25. The Morgan fingerprint density at radius 2 is 1.83 bits per heavy atom. The Kier molecular flexibility index (Phi) is 5.06. The predicted octanol–water partition coefficient (Wildman–Crippen LogP) is 4.40. The number of imidazole rings is 1. The number of ketones is 1. The summed E-state index contributed by atoms with van der Waals surface area (Å²) in [5, 5.41) is 3.60. The first-order chi connectivity index (χ1) is 13.8. The molecule has 3 aromatic rings. The first-order valence-electron chi connectivity index (χ1n) is 9.10. The fourth-order valence-corrected chi connectivity index (χ4v) is 3.28. The number of rotatable bonds is 5. The van der Waals surface area contributed by atoms with Gasteiger partial charge in [-0.25, -0.2) is 4.98 Å². The van der Waals surface area contributed by atoms with Crippen molar-refractivity contribution >= 4 is 40.7 Å². The number of amides is 1. The largest absolute Gasteiger partial charge is 0.382 e. The molecule has 0 bridgehead atoms. The lowest BCUT2D eigenvalue weighted by molar-refractivity contribution is 0.0950. The molecule has 0 saturated heterocycles. The quantitative estimate of drug-likeness (QED) is 0.524. The SMILES string of the molecule is Cc1ccc(C(=O)NC2CC2)cc1-c1nc(N)c(C(=O)c2ccc(Cl)c(Cl)c2)[nH]1. The van der Waals surface area contributed by atoms with Gasteiger partial charge in [-0.15, -0.1) is 0 Å². The smallest absolute Gasteiger partial charge is 0.251 e. The van der Waals surface area contributed by atoms with Crippen molar-refractivity contribution in [3.8, 4) is 11.4 Å². The number of aryl methyl sites for hydroxylation is 1. The van der Waals surface area contributed by atoms with Crippen LogP contribution >= 0.6 is 23.2 Å². The molecule has 1 aliphatic carbocycles. The molecule has 6 nitrogen and oxygen atoms in total. The van der Waals surface area contributed by atoms with Crippen molar-refractivity contribution < 1.29 is 9.59 Å². The molecule has 2 aromatic carbocycles. The van der Waals surface area contributed by atoms with E-state index in [0.717, 1.165) is 18.4 Å². The van der Waals surface area contributed by atoms with E-state index in [4.69, 9.17) is 28.9 Å². The molecule has 0 spiro atoms. The topological polar surface area (TPSA) is 101 Å². The van der Waals surface area contributed by atoms with E-state index >= 15 is 0 Å². The van der Waals surface area contributed by atoms with Crippen LogP contribution in [0.5, 0.6) is 0 Å². The first kappa shape index (κ1) is 19.5. The average Bonchev–Trinajstić information content (AvgIpc) is 3.42. The highest BCUT2D eigenvalue weighted by molar-refractivity contribution is 6.42. The molecule has 8 heteroatoms. The van der Waals surface area contributed by atoms with Crippen LogP contribution in [-0.2, 0) is 0 Å². The zero-order valence-electron chi connectivity index (χ0n) is 15.6. The van der Waals surface area contributed by atoms with Crippen molar-refractivity contribution in [2.45, 2.75) is 25.8 Å². The summed E-state index contributed by atoms with van der Waals surface area (Å²) in [5.74, 6) is 0.0216. The number of nitrogens with one attached hydrogen (secondary N) is 2. The third kappa shape index (κ3) is 3.99. The Hall–Kier alpha value is -2.83. The van der Waals surface area contributed by atoms with Crippen molar-refractivity contribution in [1.82, 2.24) is 15.3 Å². The van der Waals surface area contributed by atoms with Gasteiger partial charge in [0.05, 0.1) is 10.0 Å². The van der Waals surface area contributed by atoms with Crippen LogP contribution in [0.4, 0.5) is 5.82 Å². The number of nitrogens with two attached hydrogens (primary N) is 1. The van der Waals surface area contributed by atoms with Gasteiger partial charge < -0.3 is 16.0 Å². The maximum absolute atomic E-state index is 12.8. The van der Waals surface area contributed by atoms with Crippen LogP contribution in [0, 0.1) is 6.92 Å². The molecule has 1 aromatic heterocycles. The van der Waals surface area contributed by atoms with Crippen molar-refractivity contribution in [3.05, 3.63) is 68.8 Å². The summed E-state index contributed by atoms with van der Waals surface area (Å²) in [7, 11) is 0. The summed E-state index contributed by atoms with van der Waals surface area (Å²) in [6, 6.07) is 10.2. The Bertz CT molecular complexity index is 1140. The maximum Gasteiger partial charge on any atom is 0.251 e. The molecule has 0 radical (unpaired) electrons. The molecular weight excluding hydrogens is 411 g/mol. The summed E-state index contributed by atoms with van der Waals surface area (Å²) in [4.78, 5) is 32.5. The molecular formula is C21H18Cl2N4O2. The molecule has 0 unspecified atom stereocenters. The number of carbonyl (C=O) groups excluding carboxylic acids is 2. The number of aromatic amines is 1. The van der Waals surface area contributed by atoms with Crippen LogP contribution in [0.25, 0.3) is 11.4 Å². The molecule has 1 heterocycles. The van der Waals surface area contributed by atoms with Gasteiger partial charge in [0.25, 0.3) is 5.91 Å². The molecule has 4 rings (SSSR count). The predicted molar refractivity (Wildman–Crippen MR) is 114 cm³/mol. The van der Waals surface area contributed by atoms with Gasteiger partial charge in [0, 0.05) is 22.7 Å². The monoisotopic (exact) mass is 428 g/mol. The van der Waals surface area contributed by atoms with Gasteiger partial charge in [0.1, 0.15) is 11.5 Å². The molecule has 148 valence electrons. The summed E-state index contributed by atoms with van der Waals surface area (Å²) in [5.41, 5.74) is 8.64. The number of anilines is 1. The van der Waals surface area contributed by atoms with Gasteiger partial charge in [-0.3, -0.25) is 9.59 Å². The molecule has 1 saturated carbocycles. The molecule has 1 amide bonds. The lowest BCUT2D eigenvalue weighted by atomic mass is 10.0. The summed E-state index contributed by atoms with van der Waals surface area (Å²) in [6.45, 7) is 1.90. The van der Waals surface area contributed by atoms with Gasteiger partial charge in [0.15, 0.2) is 5.82 Å². The van der Waals surface area contributed by atoms with Crippen molar-refractivity contribution in [1.29, 1.82) is 0 Å². The van der Waals surface area contributed by atoms with Crippen LogP contribution in [0.15, 0.2) is 36.4 Å². The minimum atomic E-state index is -0.347. The summed E-state index contributed by atoms with van der Waals surface area (Å²) in [6.07, 6.45) is 2.03. The number of H-pyrrole nitrogens is 1. The molecule has 1 aliphatic rings. The Labute approximate surface area is 177 Å². The van der Waals surface area contributed by atoms with E-state index in [1.54, 1.807) is 24.3 Å². The fourth-order valence-electron chi connectivity index (χ4n) is 2.98. The third-order valence-corrected chi connectivity index (χ3v) is 5.55. The minimum absolute atomic E-state index is 0.0725. The number of benzene rings is 2. The lowest BCUT2D eigenvalue weighted by Gasteiger charge is -2.07. The van der Waals surface area contributed by atoms with Crippen LogP contribution < -0.4 is 11.1 Å². The molecule has 4 N–H and O–H groups in total. The van der Waals surface area contributed by atoms with Crippen molar-refractivity contribution in [2.75, 3.05) is 5.73 Å². The van der Waals surface area contributed by atoms with Gasteiger partial charge in [-0.05, 0) is 55.7 Å². The maximum atomic E-state index is 12.8. The fraction of sp³-hybridized carbons (Fsp3) is 0.190. The van der Waals surface area contributed by atoms with Gasteiger partial charge in [0.2, 0.25) is 5.78 Å². The van der Waals surface area contributed by atoms with E-state index in [9.17, 15) is 9.59 Å². The van der Waals surface area contributed by atoms with Crippen molar-refractivity contribution in [3.63, 3.8) is 0 Å². The standard InChI is InChI=1S/C21H18Cl2N4O2/c1-10-2-3-12(21(29)25-13-5-6-13)8-14(10)20-26-17(19(24)27-20)18(28)11-4-7-15(22)16(23)9-11/h2-4,7-9,13H,5-6,24H2,1H3,(H,25,29)(H,26,27). The zero-order chi connectivity index (χ0) is 20.7. The normalized spacial score (nSPS) is 13.3. The van der Waals surface area contributed by atoms with E-state index in [2.05, 4.69) is 15.3 Å². The second-order valence-electron chi connectivity index (χ2n) is 7.08. The van der Waals surface area contributed by atoms with Crippen LogP contribution in [-0.4, -0.2) is 27.7 Å². The first-order valence-corrected chi connectivity index (χ1v) is 9.86. The van der Waals surface area contributed by atoms with Crippen molar-refractivity contribution in [2.24, 2.45) is 0 Å². The van der Waals surface area contributed by atoms with Gasteiger partial charge in [-0.1, -0.05) is 29.3 Å². The second-order valence-corrected chi connectivity index (χ2v) is 7.90. The van der Waals surface area contributed by atoms with E-state index in [1.807, 2.05) is 13.0 Å². The van der Waals surface area contributed by atoms with E-state index < -0.39 is 0 Å². The Balaban J connectivity index is 1.67. The highest BCUT2D eigenvalue weighted by Crippen LogP contribution is 2.28. The number of halogens is 2. The molecule has 0 aliphatic heterocycles. The average molecular weight is 429 g/mol. The number of nitrogens with zero attached hydrogens (tertiary/aromatic N) is 1. The molecule has 29 heavy (non-hydrogen) atoms. The number of hydrogen-bond acceptors (Lipinski definition) is 4. The number of carbonyl (C=O) groups is 2. The third-order valence-electron chi connectivity index (χ3n) is 4.81. The van der Waals surface area contributed by atoms with E-state index in [-0.39, 0.29) is 34.3 Å². The molecule has 0 atom stereocenters. The highest BCUT2D eigenvalue weighted by Gasteiger charge is 2.24. The van der Waals surface area contributed by atoms with E-state index in [0.29, 0.717) is 27.5 Å². The number of nitrogen functional groups attached to an aromatic ring is 1. The van der Waals surface area contributed by atoms with E-state index in [1.165, 1.54) is 6.07 Å². The van der Waals surface area contributed by atoms with Crippen LogP contribution in [0.3, 0.4) is 0 Å². The van der Waals surface area contributed by atoms with Gasteiger partial charge >= 0.3 is 0 Å². The van der Waals surface area contributed by atoms with Gasteiger partial charge in [-0.2, -0.15) is 0 Å².